The summed E-state index contributed by atoms with van der Waals surface area (Å²) in [4.78, 5) is 54.2. The molecule has 0 N–H and O–H groups in total. The maximum absolute atomic E-state index is 14.2. The van der Waals surface area contributed by atoms with Crippen molar-refractivity contribution >= 4 is 45.5 Å². The van der Waals surface area contributed by atoms with Crippen LogP contribution < -0.4 is 14.4 Å². The van der Waals surface area contributed by atoms with Crippen molar-refractivity contribution in [3.05, 3.63) is 112 Å². The van der Waals surface area contributed by atoms with E-state index in [2.05, 4.69) is 0 Å². The Morgan fingerprint density at radius 3 is 2.37 bits per heavy atom. The van der Waals surface area contributed by atoms with Gasteiger partial charge in [-0.25, -0.2) is 4.90 Å². The zero-order chi connectivity index (χ0) is 28.4. The SMILES string of the molecule is COc1ccc(N2C(=O)[C@@H]3[C@@H]4C(=O)Oc5c(ccc6ccccc56)C4=C[C@H](c4ccccc4)[C@H]3C2=O)c([N+](=O)[O-])c1. The summed E-state index contributed by atoms with van der Waals surface area (Å²) in [7, 11) is 1.37. The Morgan fingerprint density at radius 1 is 0.878 bits per heavy atom. The van der Waals surface area contributed by atoms with Crippen LogP contribution in [0.5, 0.6) is 11.5 Å². The molecule has 3 aliphatic rings. The van der Waals surface area contributed by atoms with Crippen molar-refractivity contribution in [2.75, 3.05) is 12.0 Å². The summed E-state index contributed by atoms with van der Waals surface area (Å²) in [5.74, 6) is -4.96. The molecule has 0 radical (unpaired) electrons. The molecule has 0 unspecified atom stereocenters. The van der Waals surface area contributed by atoms with Crippen LogP contribution in [-0.4, -0.2) is 29.8 Å². The molecular weight excluding hydrogens is 524 g/mol. The number of benzene rings is 4. The Hall–Kier alpha value is -5.31. The maximum Gasteiger partial charge on any atom is 0.319 e. The zero-order valence-corrected chi connectivity index (χ0v) is 21.7. The highest BCUT2D eigenvalue weighted by Gasteiger charge is 2.61. The molecule has 1 saturated heterocycles. The molecule has 2 amide bonds. The summed E-state index contributed by atoms with van der Waals surface area (Å²) >= 11 is 0. The van der Waals surface area contributed by atoms with Crippen LogP contribution in [0, 0.1) is 27.9 Å². The number of nitrogens with zero attached hydrogens (tertiary/aromatic N) is 2. The van der Waals surface area contributed by atoms with Crippen LogP contribution in [0.1, 0.15) is 17.0 Å². The largest absolute Gasteiger partial charge is 0.496 e. The fourth-order valence-electron chi connectivity index (χ4n) is 6.49. The summed E-state index contributed by atoms with van der Waals surface area (Å²) in [6, 6.07) is 24.6. The van der Waals surface area contributed by atoms with Crippen molar-refractivity contribution in [3.63, 3.8) is 0 Å². The second-order valence-electron chi connectivity index (χ2n) is 10.3. The maximum atomic E-state index is 14.2. The first-order chi connectivity index (χ1) is 19.9. The van der Waals surface area contributed by atoms with E-state index in [1.54, 1.807) is 0 Å². The van der Waals surface area contributed by atoms with Crippen LogP contribution in [0.2, 0.25) is 0 Å². The summed E-state index contributed by atoms with van der Waals surface area (Å²) < 4.78 is 11.0. The van der Waals surface area contributed by atoms with Gasteiger partial charge in [0.1, 0.15) is 17.2 Å². The number of anilines is 1. The molecule has 2 heterocycles. The van der Waals surface area contributed by atoms with E-state index in [9.17, 15) is 24.5 Å². The highest BCUT2D eigenvalue weighted by atomic mass is 16.6. The second kappa shape index (κ2) is 9.12. The number of imide groups is 1. The molecule has 2 aliphatic heterocycles. The van der Waals surface area contributed by atoms with Crippen molar-refractivity contribution in [1.29, 1.82) is 0 Å². The third-order valence-corrected chi connectivity index (χ3v) is 8.29. The molecule has 0 spiro atoms. The van der Waals surface area contributed by atoms with Crippen LogP contribution >= 0.6 is 0 Å². The molecule has 9 nitrogen and oxygen atoms in total. The quantitative estimate of drug-likeness (QED) is 0.112. The summed E-state index contributed by atoms with van der Waals surface area (Å²) in [5.41, 5.74) is 1.48. The lowest BCUT2D eigenvalue weighted by Gasteiger charge is -2.38. The van der Waals surface area contributed by atoms with Crippen molar-refractivity contribution in [2.45, 2.75) is 5.92 Å². The van der Waals surface area contributed by atoms with E-state index < -0.39 is 52.1 Å². The summed E-state index contributed by atoms with van der Waals surface area (Å²) in [6.07, 6.45) is 1.90. The Bertz CT molecular complexity index is 1830. The molecule has 4 atom stereocenters. The Morgan fingerprint density at radius 2 is 1.61 bits per heavy atom. The number of allylic oxidation sites excluding steroid dienone is 1. The number of amides is 2. The van der Waals surface area contributed by atoms with Gasteiger partial charge in [0, 0.05) is 16.9 Å². The standard InChI is InChI=1S/C32H22N2O7/c1-40-19-12-14-24(25(15-19)34(38)39)33-30(35)26-22(17-7-3-2-4-8-17)16-23-21-13-11-18-9-5-6-10-20(18)29(21)41-32(37)27(23)28(26)31(33)36/h2-16,22,26-28H,1H3/t22-,26-,27-,28+/m1/s1. The van der Waals surface area contributed by atoms with Crippen LogP contribution in [0.3, 0.4) is 0 Å². The lowest BCUT2D eigenvalue weighted by Crippen LogP contribution is -2.42. The summed E-state index contributed by atoms with van der Waals surface area (Å²) in [5, 5.41) is 13.7. The molecule has 4 aromatic carbocycles. The van der Waals surface area contributed by atoms with Crippen molar-refractivity contribution in [3.8, 4) is 11.5 Å². The normalized spacial score (nSPS) is 22.9. The highest BCUT2D eigenvalue weighted by Crippen LogP contribution is 2.56. The van der Waals surface area contributed by atoms with Gasteiger partial charge >= 0.3 is 5.97 Å². The minimum Gasteiger partial charge on any atom is -0.496 e. The van der Waals surface area contributed by atoms with Crippen molar-refractivity contribution in [1.82, 2.24) is 0 Å². The first kappa shape index (κ1) is 24.7. The number of nitro groups is 1. The first-order valence-corrected chi connectivity index (χ1v) is 13.1. The zero-order valence-electron chi connectivity index (χ0n) is 21.7. The average Bonchev–Trinajstić information content (AvgIpc) is 3.26. The van der Waals surface area contributed by atoms with E-state index in [1.165, 1.54) is 25.3 Å². The van der Waals surface area contributed by atoms with Gasteiger partial charge in [0.25, 0.3) is 5.69 Å². The molecule has 9 heteroatoms. The number of hydrogen-bond acceptors (Lipinski definition) is 7. The molecule has 41 heavy (non-hydrogen) atoms. The fraction of sp³-hybridized carbons (Fsp3) is 0.156. The van der Waals surface area contributed by atoms with E-state index in [-0.39, 0.29) is 11.4 Å². The van der Waals surface area contributed by atoms with Gasteiger partial charge in [0.2, 0.25) is 11.8 Å². The number of fused-ring (bicyclic) bond motifs is 7. The van der Waals surface area contributed by atoms with Crippen LogP contribution in [0.15, 0.2) is 91.0 Å². The number of nitro benzene ring substituents is 1. The number of esters is 1. The molecule has 0 aromatic heterocycles. The topological polar surface area (TPSA) is 116 Å². The van der Waals surface area contributed by atoms with E-state index >= 15 is 0 Å². The van der Waals surface area contributed by atoms with Crippen LogP contribution in [-0.2, 0) is 14.4 Å². The van der Waals surface area contributed by atoms with Gasteiger partial charge in [0.15, 0.2) is 0 Å². The minimum absolute atomic E-state index is 0.163. The van der Waals surface area contributed by atoms with Crippen LogP contribution in [0.4, 0.5) is 11.4 Å². The number of rotatable bonds is 4. The minimum atomic E-state index is -1.11. The molecule has 1 fully saturated rings. The van der Waals surface area contributed by atoms with Gasteiger partial charge in [0.05, 0.1) is 35.9 Å². The molecule has 202 valence electrons. The Balaban J connectivity index is 1.43. The lowest BCUT2D eigenvalue weighted by atomic mass is 9.64. The first-order valence-electron chi connectivity index (χ1n) is 13.1. The molecule has 0 bridgehead atoms. The van der Waals surface area contributed by atoms with Gasteiger partial charge < -0.3 is 9.47 Å². The van der Waals surface area contributed by atoms with E-state index in [1.807, 2.05) is 72.8 Å². The monoisotopic (exact) mass is 546 g/mol. The van der Waals surface area contributed by atoms with Gasteiger partial charge in [-0.05, 0) is 28.7 Å². The van der Waals surface area contributed by atoms with Gasteiger partial charge in [-0.15, -0.1) is 0 Å². The highest BCUT2D eigenvalue weighted by molar-refractivity contribution is 6.25. The molecule has 7 rings (SSSR count). The molecular formula is C32H22N2O7. The van der Waals surface area contributed by atoms with E-state index in [0.29, 0.717) is 16.9 Å². The Kier molecular flexibility index (Phi) is 5.50. The average molecular weight is 547 g/mol. The van der Waals surface area contributed by atoms with Crippen molar-refractivity contribution in [2.24, 2.45) is 17.8 Å². The third kappa shape index (κ3) is 3.58. The summed E-state index contributed by atoms with van der Waals surface area (Å²) in [6.45, 7) is 0. The number of hydrogen-bond donors (Lipinski definition) is 0. The van der Waals surface area contributed by atoms with Crippen molar-refractivity contribution < 1.29 is 28.8 Å². The lowest BCUT2D eigenvalue weighted by molar-refractivity contribution is -0.384. The Labute approximate surface area is 233 Å². The van der Waals surface area contributed by atoms with Gasteiger partial charge in [-0.1, -0.05) is 72.8 Å². The van der Waals surface area contributed by atoms with E-state index in [4.69, 9.17) is 9.47 Å². The number of carbonyl (C=O) groups excluding carboxylic acids is 3. The van der Waals surface area contributed by atoms with Gasteiger partial charge in [-0.2, -0.15) is 0 Å². The molecule has 1 aliphatic carbocycles. The predicted molar refractivity (Wildman–Crippen MR) is 149 cm³/mol. The smallest absolute Gasteiger partial charge is 0.319 e. The second-order valence-corrected chi connectivity index (χ2v) is 10.3. The predicted octanol–water partition coefficient (Wildman–Crippen LogP) is 5.28. The molecule has 0 saturated carbocycles. The number of carbonyl (C=O) groups is 3. The number of methoxy groups -OCH3 is 1. The van der Waals surface area contributed by atoms with E-state index in [0.717, 1.165) is 21.2 Å². The molecule has 4 aromatic rings. The number of ether oxygens (including phenoxy) is 2. The van der Waals surface area contributed by atoms with Gasteiger partial charge in [-0.3, -0.25) is 24.5 Å². The fourth-order valence-corrected chi connectivity index (χ4v) is 6.49. The third-order valence-electron chi connectivity index (χ3n) is 8.29. The van der Waals surface area contributed by atoms with Crippen LogP contribution in [0.25, 0.3) is 16.3 Å².